The molecular weight excluding hydrogens is 397 g/mol. The van der Waals surface area contributed by atoms with Crippen LogP contribution >= 0.6 is 23.2 Å². The van der Waals surface area contributed by atoms with Gasteiger partial charge in [-0.2, -0.15) is 5.10 Å². The molecule has 3 aromatic rings. The summed E-state index contributed by atoms with van der Waals surface area (Å²) in [6.07, 6.45) is 2.35. The van der Waals surface area contributed by atoms with Crippen LogP contribution in [0.2, 0.25) is 10.0 Å². The van der Waals surface area contributed by atoms with Crippen LogP contribution in [-0.2, 0) is 6.42 Å². The Bertz CT molecular complexity index is 1050. The number of nitrogens with zero attached hydrogens (tertiary/aromatic N) is 4. The molecule has 2 unspecified atom stereocenters. The lowest BCUT2D eigenvalue weighted by Gasteiger charge is -2.40. The molecule has 2 aromatic heterocycles. The second-order valence-corrected chi connectivity index (χ2v) is 7.86. The Labute approximate surface area is 172 Å². The molecular formula is C20H19Cl2N5O. The van der Waals surface area contributed by atoms with Crippen LogP contribution in [0.15, 0.2) is 30.5 Å². The maximum absolute atomic E-state index is 13.3. The van der Waals surface area contributed by atoms with Crippen molar-refractivity contribution in [2.24, 2.45) is 0 Å². The lowest BCUT2D eigenvalue weighted by atomic mass is 9.90. The number of nitrogens with one attached hydrogen (secondary N) is 1. The van der Waals surface area contributed by atoms with Crippen molar-refractivity contribution in [3.63, 3.8) is 0 Å². The minimum absolute atomic E-state index is 0.0466. The Balaban J connectivity index is 1.78. The number of aromatic amines is 1. The van der Waals surface area contributed by atoms with E-state index < -0.39 is 0 Å². The molecule has 1 aliphatic rings. The van der Waals surface area contributed by atoms with Gasteiger partial charge in [-0.3, -0.25) is 9.89 Å². The van der Waals surface area contributed by atoms with Crippen LogP contribution in [0.25, 0.3) is 11.4 Å². The van der Waals surface area contributed by atoms with Crippen LogP contribution in [0.4, 0.5) is 0 Å². The summed E-state index contributed by atoms with van der Waals surface area (Å²) in [5.41, 5.74) is 4.03. The number of hydrogen-bond donors (Lipinski definition) is 1. The molecule has 0 spiro atoms. The smallest absolute Gasteiger partial charge is 0.256 e. The Kier molecular flexibility index (Phi) is 4.85. The summed E-state index contributed by atoms with van der Waals surface area (Å²) in [6.45, 7) is 5.87. The number of benzene rings is 1. The molecule has 0 fully saturated rings. The number of carbonyl (C=O) groups is 1. The van der Waals surface area contributed by atoms with E-state index in [2.05, 4.69) is 20.2 Å². The molecule has 144 valence electrons. The summed E-state index contributed by atoms with van der Waals surface area (Å²) < 4.78 is 0. The third-order valence-electron chi connectivity index (χ3n) is 5.09. The Morgan fingerprint density at radius 1 is 1.21 bits per heavy atom. The maximum Gasteiger partial charge on any atom is 0.256 e. The van der Waals surface area contributed by atoms with Gasteiger partial charge in [0.2, 0.25) is 0 Å². The molecule has 1 aliphatic heterocycles. The number of fused-ring (bicyclic) bond motifs is 1. The highest BCUT2D eigenvalue weighted by atomic mass is 35.5. The molecule has 2 atom stereocenters. The number of halogens is 2. The van der Waals surface area contributed by atoms with Gasteiger partial charge < -0.3 is 4.90 Å². The molecule has 0 saturated heterocycles. The zero-order chi connectivity index (χ0) is 20.0. The third-order valence-corrected chi connectivity index (χ3v) is 5.64. The molecule has 6 nitrogen and oxygen atoms in total. The minimum Gasteiger partial charge on any atom is -0.327 e. The van der Waals surface area contributed by atoms with Crippen molar-refractivity contribution in [1.82, 2.24) is 25.1 Å². The first-order valence-electron chi connectivity index (χ1n) is 9.01. The van der Waals surface area contributed by atoms with Crippen LogP contribution in [0.1, 0.15) is 47.3 Å². The van der Waals surface area contributed by atoms with Gasteiger partial charge in [-0.25, -0.2) is 9.97 Å². The zero-order valence-corrected chi connectivity index (χ0v) is 17.2. The van der Waals surface area contributed by atoms with E-state index in [4.69, 9.17) is 23.2 Å². The molecule has 4 rings (SSSR count). The fourth-order valence-corrected chi connectivity index (χ4v) is 4.35. The molecule has 1 N–H and O–H groups in total. The molecule has 1 aromatic carbocycles. The topological polar surface area (TPSA) is 74.8 Å². The van der Waals surface area contributed by atoms with E-state index in [-0.39, 0.29) is 18.0 Å². The number of hydrogen-bond acceptors (Lipinski definition) is 4. The van der Waals surface area contributed by atoms with Crippen LogP contribution in [0.3, 0.4) is 0 Å². The first-order chi connectivity index (χ1) is 13.4. The van der Waals surface area contributed by atoms with E-state index >= 15 is 0 Å². The highest BCUT2D eigenvalue weighted by molar-refractivity contribution is 6.36. The van der Waals surface area contributed by atoms with E-state index in [1.165, 1.54) is 0 Å². The predicted octanol–water partition coefficient (Wildman–Crippen LogP) is 4.63. The quantitative estimate of drug-likeness (QED) is 0.661. The lowest BCUT2D eigenvalue weighted by molar-refractivity contribution is 0.0574. The number of H-pyrrole nitrogens is 1. The van der Waals surface area contributed by atoms with E-state index in [9.17, 15) is 4.79 Å². The molecule has 0 radical (unpaired) electrons. The van der Waals surface area contributed by atoms with Gasteiger partial charge in [-0.15, -0.1) is 0 Å². The van der Waals surface area contributed by atoms with Crippen LogP contribution in [0.5, 0.6) is 0 Å². The second-order valence-electron chi connectivity index (χ2n) is 7.02. The fourth-order valence-electron chi connectivity index (χ4n) is 3.86. The first-order valence-corrected chi connectivity index (χ1v) is 9.77. The summed E-state index contributed by atoms with van der Waals surface area (Å²) in [7, 11) is 0. The zero-order valence-electron chi connectivity index (χ0n) is 15.7. The van der Waals surface area contributed by atoms with Gasteiger partial charge in [-0.1, -0.05) is 23.2 Å². The summed E-state index contributed by atoms with van der Waals surface area (Å²) in [5.74, 6) is 0.522. The van der Waals surface area contributed by atoms with Crippen molar-refractivity contribution in [3.05, 3.63) is 63.2 Å². The van der Waals surface area contributed by atoms with Crippen molar-refractivity contribution in [2.45, 2.75) is 39.3 Å². The standard InChI is InChI=1S/C20H19Cl2N5O/c1-10-8-15-18(24-12(3)25-19(15)17-6-7-23-26-17)11(2)27(10)20(28)14-5-4-13(21)9-16(14)22/h4-7,9-11H,8H2,1-3H3,(H,23,26). The van der Waals surface area contributed by atoms with Gasteiger partial charge in [0.25, 0.3) is 5.91 Å². The number of aromatic nitrogens is 4. The number of amides is 1. The Morgan fingerprint density at radius 2 is 2.00 bits per heavy atom. The SMILES string of the molecule is Cc1nc(-c2ccn[nH]2)c2c(n1)C(C)N(C(=O)c1ccc(Cl)cc1Cl)C(C)C2. The van der Waals surface area contributed by atoms with Crippen molar-refractivity contribution in [2.75, 3.05) is 0 Å². The summed E-state index contributed by atoms with van der Waals surface area (Å²) >= 11 is 12.3. The van der Waals surface area contributed by atoms with E-state index in [1.54, 1.807) is 24.4 Å². The van der Waals surface area contributed by atoms with Gasteiger partial charge >= 0.3 is 0 Å². The number of rotatable bonds is 2. The largest absolute Gasteiger partial charge is 0.327 e. The predicted molar refractivity (Wildman–Crippen MR) is 109 cm³/mol. The van der Waals surface area contributed by atoms with Gasteiger partial charge in [-0.05, 0) is 51.5 Å². The molecule has 0 aliphatic carbocycles. The van der Waals surface area contributed by atoms with Crippen molar-refractivity contribution < 1.29 is 4.79 Å². The van der Waals surface area contributed by atoms with Crippen LogP contribution in [-0.4, -0.2) is 37.0 Å². The summed E-state index contributed by atoms with van der Waals surface area (Å²) in [5, 5.41) is 7.87. The van der Waals surface area contributed by atoms with Gasteiger partial charge in [0.15, 0.2) is 0 Å². The molecule has 3 heterocycles. The normalized spacial score (nSPS) is 18.8. The maximum atomic E-state index is 13.3. The summed E-state index contributed by atoms with van der Waals surface area (Å²) in [6, 6.07) is 6.56. The monoisotopic (exact) mass is 415 g/mol. The molecule has 8 heteroatoms. The Hall–Kier alpha value is -2.44. The van der Waals surface area contributed by atoms with Gasteiger partial charge in [0.05, 0.1) is 33.7 Å². The average molecular weight is 416 g/mol. The molecule has 28 heavy (non-hydrogen) atoms. The Morgan fingerprint density at radius 3 is 2.68 bits per heavy atom. The van der Waals surface area contributed by atoms with Crippen molar-refractivity contribution in [1.29, 1.82) is 0 Å². The molecule has 0 saturated carbocycles. The summed E-state index contributed by atoms with van der Waals surface area (Å²) in [4.78, 5) is 24.4. The van der Waals surface area contributed by atoms with Crippen LogP contribution < -0.4 is 0 Å². The highest BCUT2D eigenvalue weighted by Gasteiger charge is 2.37. The van der Waals surface area contributed by atoms with E-state index in [0.29, 0.717) is 27.9 Å². The third kappa shape index (κ3) is 3.16. The fraction of sp³-hybridized carbons (Fsp3) is 0.300. The minimum atomic E-state index is -0.221. The average Bonchev–Trinajstić information content (AvgIpc) is 3.16. The lowest BCUT2D eigenvalue weighted by Crippen LogP contribution is -2.45. The second kappa shape index (κ2) is 7.18. The van der Waals surface area contributed by atoms with E-state index in [0.717, 1.165) is 22.6 Å². The first kappa shape index (κ1) is 18.9. The number of carbonyl (C=O) groups excluding carboxylic acids is 1. The van der Waals surface area contributed by atoms with Crippen molar-refractivity contribution in [3.8, 4) is 11.4 Å². The van der Waals surface area contributed by atoms with Gasteiger partial charge in [0, 0.05) is 22.8 Å². The van der Waals surface area contributed by atoms with Crippen molar-refractivity contribution >= 4 is 29.1 Å². The molecule has 1 amide bonds. The number of aryl methyl sites for hydroxylation is 1. The van der Waals surface area contributed by atoms with Gasteiger partial charge in [0.1, 0.15) is 5.82 Å². The highest BCUT2D eigenvalue weighted by Crippen LogP contribution is 2.37. The van der Waals surface area contributed by atoms with E-state index in [1.807, 2.05) is 31.7 Å². The molecule has 0 bridgehead atoms. The van der Waals surface area contributed by atoms with Crippen LogP contribution in [0, 0.1) is 6.92 Å².